The molecule has 1 aromatic heterocycles. The van der Waals surface area contributed by atoms with Gasteiger partial charge in [-0.25, -0.2) is 4.98 Å². The first-order chi connectivity index (χ1) is 9.37. The van der Waals surface area contributed by atoms with E-state index in [0.29, 0.717) is 12.5 Å². The van der Waals surface area contributed by atoms with Crippen molar-refractivity contribution in [2.24, 2.45) is 0 Å². The first kappa shape index (κ1) is 14.8. The monoisotopic (exact) mass is 272 g/mol. The van der Waals surface area contributed by atoms with E-state index in [1.54, 1.807) is 0 Å². The molecule has 0 aliphatic heterocycles. The molecule has 20 heavy (non-hydrogen) atoms. The number of hydrogen-bond donors (Lipinski definition) is 1. The predicted molar refractivity (Wildman–Crippen MR) is 82.6 cm³/mol. The van der Waals surface area contributed by atoms with Crippen molar-refractivity contribution in [2.75, 3.05) is 0 Å². The lowest BCUT2D eigenvalue weighted by molar-refractivity contribution is 0.421. The summed E-state index contributed by atoms with van der Waals surface area (Å²) in [5, 5.41) is 3.44. The normalized spacial score (nSPS) is 12.1. The minimum atomic E-state index is 0.0672. The molecule has 108 valence electrons. The Hall–Kier alpha value is -1.61. The lowest BCUT2D eigenvalue weighted by atomic mass is 10.0. The van der Waals surface area contributed by atoms with E-state index in [-0.39, 0.29) is 5.54 Å². The van der Waals surface area contributed by atoms with Gasteiger partial charge in [0.2, 0.25) is 0 Å². The van der Waals surface area contributed by atoms with Gasteiger partial charge in [-0.05, 0) is 32.3 Å². The summed E-state index contributed by atoms with van der Waals surface area (Å²) in [5.41, 5.74) is 3.44. The SMILES string of the molecule is CC(C)c1ccc(-c2ocnc2CNC(C)(C)C)cc1. The van der Waals surface area contributed by atoms with Crippen LogP contribution in [0.3, 0.4) is 0 Å². The third kappa shape index (κ3) is 3.70. The topological polar surface area (TPSA) is 38.1 Å². The number of benzene rings is 1. The molecule has 3 heteroatoms. The highest BCUT2D eigenvalue weighted by Gasteiger charge is 2.14. The fraction of sp³-hybridized carbons (Fsp3) is 0.471. The third-order valence-electron chi connectivity index (χ3n) is 3.27. The maximum atomic E-state index is 5.57. The lowest BCUT2D eigenvalue weighted by Crippen LogP contribution is -2.35. The zero-order valence-electron chi connectivity index (χ0n) is 13.0. The average molecular weight is 272 g/mol. The van der Waals surface area contributed by atoms with Gasteiger partial charge >= 0.3 is 0 Å². The van der Waals surface area contributed by atoms with Crippen LogP contribution in [0, 0.1) is 0 Å². The molecule has 0 unspecified atom stereocenters. The largest absolute Gasteiger partial charge is 0.443 e. The highest BCUT2D eigenvalue weighted by Crippen LogP contribution is 2.25. The molecule has 0 aliphatic carbocycles. The highest BCUT2D eigenvalue weighted by atomic mass is 16.3. The summed E-state index contributed by atoms with van der Waals surface area (Å²) in [6, 6.07) is 8.53. The summed E-state index contributed by atoms with van der Waals surface area (Å²) in [6.07, 6.45) is 1.52. The molecular weight excluding hydrogens is 248 g/mol. The van der Waals surface area contributed by atoms with E-state index in [9.17, 15) is 0 Å². The summed E-state index contributed by atoms with van der Waals surface area (Å²) in [7, 11) is 0. The molecule has 1 N–H and O–H groups in total. The van der Waals surface area contributed by atoms with Gasteiger partial charge in [-0.15, -0.1) is 0 Å². The Labute approximate surface area is 121 Å². The van der Waals surface area contributed by atoms with Crippen LogP contribution in [0.2, 0.25) is 0 Å². The summed E-state index contributed by atoms with van der Waals surface area (Å²) in [5.74, 6) is 1.40. The van der Waals surface area contributed by atoms with E-state index in [1.807, 2.05) is 0 Å². The Morgan fingerprint density at radius 1 is 1.15 bits per heavy atom. The quantitative estimate of drug-likeness (QED) is 0.899. The van der Waals surface area contributed by atoms with Crippen LogP contribution in [-0.2, 0) is 6.54 Å². The van der Waals surface area contributed by atoms with Crippen molar-refractivity contribution in [3.05, 3.63) is 41.9 Å². The lowest BCUT2D eigenvalue weighted by Gasteiger charge is -2.19. The minimum absolute atomic E-state index is 0.0672. The second kappa shape index (κ2) is 5.80. The molecular formula is C17H24N2O. The van der Waals surface area contributed by atoms with E-state index in [0.717, 1.165) is 17.0 Å². The second-order valence-electron chi connectivity index (χ2n) is 6.51. The summed E-state index contributed by atoms with van der Waals surface area (Å²) in [6.45, 7) is 11.5. The maximum absolute atomic E-state index is 5.57. The molecule has 3 nitrogen and oxygen atoms in total. The number of rotatable bonds is 4. The van der Waals surface area contributed by atoms with Crippen molar-refractivity contribution in [1.82, 2.24) is 10.3 Å². The third-order valence-corrected chi connectivity index (χ3v) is 3.27. The molecule has 1 heterocycles. The predicted octanol–water partition coefficient (Wildman–Crippen LogP) is 4.35. The van der Waals surface area contributed by atoms with Crippen molar-refractivity contribution >= 4 is 0 Å². The van der Waals surface area contributed by atoms with Gasteiger partial charge in [0, 0.05) is 17.6 Å². The smallest absolute Gasteiger partial charge is 0.181 e. The van der Waals surface area contributed by atoms with Crippen LogP contribution >= 0.6 is 0 Å². The van der Waals surface area contributed by atoms with Gasteiger partial charge < -0.3 is 9.73 Å². The van der Waals surface area contributed by atoms with E-state index in [1.165, 1.54) is 12.0 Å². The van der Waals surface area contributed by atoms with Gasteiger partial charge in [-0.1, -0.05) is 38.1 Å². The fourth-order valence-electron chi connectivity index (χ4n) is 2.00. The Bertz CT molecular complexity index is 547. The van der Waals surface area contributed by atoms with Crippen LogP contribution in [0.1, 0.15) is 51.8 Å². The Balaban J connectivity index is 2.19. The molecule has 2 aromatic rings. The molecule has 0 saturated heterocycles. The molecule has 0 saturated carbocycles. The minimum Gasteiger partial charge on any atom is -0.443 e. The Morgan fingerprint density at radius 3 is 2.35 bits per heavy atom. The van der Waals surface area contributed by atoms with Gasteiger partial charge in [0.1, 0.15) is 5.69 Å². The molecule has 0 atom stereocenters. The van der Waals surface area contributed by atoms with Gasteiger partial charge in [0.05, 0.1) is 0 Å². The van der Waals surface area contributed by atoms with Crippen molar-refractivity contribution < 1.29 is 4.42 Å². The van der Waals surface area contributed by atoms with Gasteiger partial charge in [-0.2, -0.15) is 0 Å². The van der Waals surface area contributed by atoms with E-state index in [2.05, 4.69) is 69.2 Å². The van der Waals surface area contributed by atoms with Crippen molar-refractivity contribution in [3.8, 4) is 11.3 Å². The molecule has 0 amide bonds. The maximum Gasteiger partial charge on any atom is 0.181 e. The van der Waals surface area contributed by atoms with E-state index in [4.69, 9.17) is 4.42 Å². The van der Waals surface area contributed by atoms with Crippen LogP contribution < -0.4 is 5.32 Å². The van der Waals surface area contributed by atoms with Crippen LogP contribution in [0.15, 0.2) is 35.1 Å². The van der Waals surface area contributed by atoms with E-state index >= 15 is 0 Å². The highest BCUT2D eigenvalue weighted by molar-refractivity contribution is 5.60. The molecule has 1 aromatic carbocycles. The fourth-order valence-corrected chi connectivity index (χ4v) is 2.00. The van der Waals surface area contributed by atoms with Gasteiger partial charge in [0.25, 0.3) is 0 Å². The number of aromatic nitrogens is 1. The number of nitrogens with zero attached hydrogens (tertiary/aromatic N) is 1. The molecule has 2 rings (SSSR count). The summed E-state index contributed by atoms with van der Waals surface area (Å²) in [4.78, 5) is 4.32. The van der Waals surface area contributed by atoms with Crippen molar-refractivity contribution in [2.45, 2.75) is 52.6 Å². The van der Waals surface area contributed by atoms with Crippen LogP contribution in [0.5, 0.6) is 0 Å². The number of oxazole rings is 1. The van der Waals surface area contributed by atoms with Gasteiger partial charge in [0.15, 0.2) is 12.2 Å². The molecule has 0 radical (unpaired) electrons. The first-order valence-corrected chi connectivity index (χ1v) is 7.14. The Morgan fingerprint density at radius 2 is 1.80 bits per heavy atom. The van der Waals surface area contributed by atoms with Crippen LogP contribution in [0.25, 0.3) is 11.3 Å². The van der Waals surface area contributed by atoms with Crippen molar-refractivity contribution in [1.29, 1.82) is 0 Å². The second-order valence-corrected chi connectivity index (χ2v) is 6.51. The number of hydrogen-bond acceptors (Lipinski definition) is 3. The standard InChI is InChI=1S/C17H24N2O/c1-12(2)13-6-8-14(9-7-13)16-15(18-11-20-16)10-19-17(3,4)5/h6-9,11-12,19H,10H2,1-5H3. The summed E-state index contributed by atoms with van der Waals surface area (Å²) < 4.78 is 5.57. The number of nitrogens with one attached hydrogen (secondary N) is 1. The summed E-state index contributed by atoms with van der Waals surface area (Å²) >= 11 is 0. The van der Waals surface area contributed by atoms with Crippen molar-refractivity contribution in [3.63, 3.8) is 0 Å². The molecule has 0 bridgehead atoms. The van der Waals surface area contributed by atoms with Crippen LogP contribution in [-0.4, -0.2) is 10.5 Å². The zero-order chi connectivity index (χ0) is 14.8. The van der Waals surface area contributed by atoms with Crippen LogP contribution in [0.4, 0.5) is 0 Å². The van der Waals surface area contributed by atoms with Gasteiger partial charge in [-0.3, -0.25) is 0 Å². The zero-order valence-corrected chi connectivity index (χ0v) is 13.0. The Kier molecular flexibility index (Phi) is 4.29. The molecule has 0 spiro atoms. The molecule has 0 aliphatic rings. The average Bonchev–Trinajstić information content (AvgIpc) is 2.84. The van der Waals surface area contributed by atoms with E-state index < -0.39 is 0 Å². The molecule has 0 fully saturated rings. The first-order valence-electron chi connectivity index (χ1n) is 7.14.